The molecular formula is C18H18FN3O3S. The summed E-state index contributed by atoms with van der Waals surface area (Å²) in [4.78, 5) is 37.8. The van der Waals surface area contributed by atoms with Gasteiger partial charge in [0.2, 0.25) is 11.8 Å². The molecular weight excluding hydrogens is 357 g/mol. The molecule has 1 fully saturated rings. The first-order valence-corrected chi connectivity index (χ1v) is 9.14. The van der Waals surface area contributed by atoms with Crippen molar-refractivity contribution < 1.29 is 18.8 Å². The van der Waals surface area contributed by atoms with Gasteiger partial charge in [-0.3, -0.25) is 14.4 Å². The van der Waals surface area contributed by atoms with Gasteiger partial charge in [-0.25, -0.2) is 4.39 Å². The number of carbonyl (C=O) groups is 3. The van der Waals surface area contributed by atoms with Crippen LogP contribution in [0.4, 0.5) is 15.8 Å². The smallest absolute Gasteiger partial charge is 0.256 e. The van der Waals surface area contributed by atoms with Crippen LogP contribution < -0.4 is 10.6 Å². The lowest BCUT2D eigenvalue weighted by molar-refractivity contribution is -0.128. The van der Waals surface area contributed by atoms with Crippen LogP contribution in [0.1, 0.15) is 23.7 Å². The maximum Gasteiger partial charge on any atom is 0.256 e. The Morgan fingerprint density at radius 1 is 1.31 bits per heavy atom. The molecule has 1 aromatic carbocycles. The van der Waals surface area contributed by atoms with Crippen LogP contribution in [0, 0.1) is 11.7 Å². The first kappa shape index (κ1) is 18.1. The molecule has 1 atom stereocenters. The SMILES string of the molecule is CCN1C[C@@H](C(=O)Nc2ccc(F)c(NC(=O)c3ccsc3)c2)CC1=O. The molecule has 0 radical (unpaired) electrons. The fraction of sp³-hybridized carbons (Fsp3) is 0.278. The predicted octanol–water partition coefficient (Wildman–Crippen LogP) is 2.95. The molecule has 1 saturated heterocycles. The van der Waals surface area contributed by atoms with Crippen molar-refractivity contribution >= 4 is 40.4 Å². The number of thiophene rings is 1. The summed E-state index contributed by atoms with van der Waals surface area (Å²) in [5.74, 6) is -1.80. The Morgan fingerprint density at radius 2 is 2.12 bits per heavy atom. The Balaban J connectivity index is 1.68. The molecule has 0 bridgehead atoms. The Bertz CT molecular complexity index is 838. The quantitative estimate of drug-likeness (QED) is 0.843. The van der Waals surface area contributed by atoms with E-state index in [-0.39, 0.29) is 23.9 Å². The Labute approximate surface area is 154 Å². The highest BCUT2D eigenvalue weighted by Crippen LogP contribution is 2.23. The highest BCUT2D eigenvalue weighted by Gasteiger charge is 2.33. The molecule has 8 heteroatoms. The fourth-order valence-corrected chi connectivity index (χ4v) is 3.42. The minimum absolute atomic E-state index is 0.0170. The van der Waals surface area contributed by atoms with E-state index in [0.29, 0.717) is 24.3 Å². The zero-order valence-corrected chi connectivity index (χ0v) is 14.9. The molecule has 0 aliphatic carbocycles. The van der Waals surface area contributed by atoms with Crippen molar-refractivity contribution in [3.8, 4) is 0 Å². The van der Waals surface area contributed by atoms with Crippen molar-refractivity contribution in [3.63, 3.8) is 0 Å². The van der Waals surface area contributed by atoms with E-state index in [4.69, 9.17) is 0 Å². The summed E-state index contributed by atoms with van der Waals surface area (Å²) in [5, 5.41) is 8.61. The van der Waals surface area contributed by atoms with Gasteiger partial charge in [0, 0.05) is 30.6 Å². The van der Waals surface area contributed by atoms with Crippen molar-refractivity contribution in [2.24, 2.45) is 5.92 Å². The van der Waals surface area contributed by atoms with Gasteiger partial charge in [0.1, 0.15) is 5.82 Å². The van der Waals surface area contributed by atoms with E-state index < -0.39 is 17.6 Å². The zero-order valence-electron chi connectivity index (χ0n) is 14.1. The lowest BCUT2D eigenvalue weighted by Crippen LogP contribution is -2.28. The lowest BCUT2D eigenvalue weighted by Gasteiger charge is -2.14. The molecule has 2 N–H and O–H groups in total. The molecule has 1 aromatic heterocycles. The standard InChI is InChI=1S/C18H18FN3O3S/c1-2-22-9-12(7-16(22)23)18(25)20-13-3-4-14(19)15(8-13)21-17(24)11-5-6-26-10-11/h3-6,8,10,12H,2,7,9H2,1H3,(H,20,25)(H,21,24)/t12-/m0/s1. The highest BCUT2D eigenvalue weighted by molar-refractivity contribution is 7.08. The van der Waals surface area contributed by atoms with Gasteiger partial charge >= 0.3 is 0 Å². The Kier molecular flexibility index (Phi) is 5.32. The second kappa shape index (κ2) is 7.65. The Morgan fingerprint density at radius 3 is 2.77 bits per heavy atom. The van der Waals surface area contributed by atoms with Gasteiger partial charge in [0.15, 0.2) is 0 Å². The van der Waals surface area contributed by atoms with Gasteiger partial charge in [0.25, 0.3) is 5.91 Å². The molecule has 136 valence electrons. The molecule has 1 aliphatic heterocycles. The summed E-state index contributed by atoms with van der Waals surface area (Å²) in [5.41, 5.74) is 0.782. The van der Waals surface area contributed by atoms with Crippen molar-refractivity contribution in [2.75, 3.05) is 23.7 Å². The average Bonchev–Trinajstić information content (AvgIpc) is 3.27. The molecule has 2 aromatic rings. The average molecular weight is 375 g/mol. The number of halogens is 1. The van der Waals surface area contributed by atoms with E-state index in [1.165, 1.54) is 29.5 Å². The van der Waals surface area contributed by atoms with E-state index in [9.17, 15) is 18.8 Å². The highest BCUT2D eigenvalue weighted by atomic mass is 32.1. The summed E-state index contributed by atoms with van der Waals surface area (Å²) in [6, 6.07) is 5.60. The van der Waals surface area contributed by atoms with E-state index in [2.05, 4.69) is 10.6 Å². The first-order chi connectivity index (χ1) is 12.5. The van der Waals surface area contributed by atoms with Crippen LogP contribution in [-0.4, -0.2) is 35.7 Å². The minimum Gasteiger partial charge on any atom is -0.342 e. The van der Waals surface area contributed by atoms with Crippen LogP contribution in [-0.2, 0) is 9.59 Å². The third-order valence-electron chi connectivity index (χ3n) is 4.23. The van der Waals surface area contributed by atoms with Crippen molar-refractivity contribution in [1.29, 1.82) is 0 Å². The number of hydrogen-bond acceptors (Lipinski definition) is 4. The van der Waals surface area contributed by atoms with Crippen molar-refractivity contribution in [1.82, 2.24) is 4.90 Å². The van der Waals surface area contributed by atoms with Gasteiger partial charge in [-0.1, -0.05) is 0 Å². The molecule has 2 heterocycles. The maximum absolute atomic E-state index is 14.0. The number of carbonyl (C=O) groups excluding carboxylic acids is 3. The molecule has 1 aliphatic rings. The largest absolute Gasteiger partial charge is 0.342 e. The van der Waals surface area contributed by atoms with Gasteiger partial charge in [-0.05, 0) is 36.6 Å². The van der Waals surface area contributed by atoms with Gasteiger partial charge in [0.05, 0.1) is 17.2 Å². The molecule has 6 nitrogen and oxygen atoms in total. The number of rotatable bonds is 5. The molecule has 0 saturated carbocycles. The second-order valence-electron chi connectivity index (χ2n) is 5.98. The van der Waals surface area contributed by atoms with Crippen molar-refractivity contribution in [3.05, 3.63) is 46.4 Å². The number of anilines is 2. The van der Waals surface area contributed by atoms with E-state index in [1.54, 1.807) is 21.7 Å². The topological polar surface area (TPSA) is 78.5 Å². The molecule has 0 spiro atoms. The Hall–Kier alpha value is -2.74. The van der Waals surface area contributed by atoms with E-state index in [1.807, 2.05) is 6.92 Å². The predicted molar refractivity (Wildman–Crippen MR) is 97.7 cm³/mol. The number of benzene rings is 1. The summed E-state index contributed by atoms with van der Waals surface area (Å²) < 4.78 is 14.0. The van der Waals surface area contributed by atoms with Crippen molar-refractivity contribution in [2.45, 2.75) is 13.3 Å². The maximum atomic E-state index is 14.0. The molecule has 0 unspecified atom stereocenters. The number of nitrogens with one attached hydrogen (secondary N) is 2. The lowest BCUT2D eigenvalue weighted by atomic mass is 10.1. The summed E-state index contributed by atoms with van der Waals surface area (Å²) >= 11 is 1.37. The van der Waals surface area contributed by atoms with Crippen LogP contribution in [0.5, 0.6) is 0 Å². The summed E-state index contributed by atoms with van der Waals surface area (Å²) in [7, 11) is 0. The molecule has 26 heavy (non-hydrogen) atoms. The molecule has 3 rings (SSSR count). The normalized spacial score (nSPS) is 16.6. The van der Waals surface area contributed by atoms with Crippen LogP contribution in [0.15, 0.2) is 35.0 Å². The van der Waals surface area contributed by atoms with E-state index >= 15 is 0 Å². The minimum atomic E-state index is -0.597. The van der Waals surface area contributed by atoms with Crippen LogP contribution in [0.2, 0.25) is 0 Å². The van der Waals surface area contributed by atoms with Crippen LogP contribution in [0.3, 0.4) is 0 Å². The fourth-order valence-electron chi connectivity index (χ4n) is 2.78. The van der Waals surface area contributed by atoms with E-state index in [0.717, 1.165) is 0 Å². The second-order valence-corrected chi connectivity index (χ2v) is 6.76. The molecule has 3 amide bonds. The third-order valence-corrected chi connectivity index (χ3v) is 4.92. The van der Waals surface area contributed by atoms with Gasteiger partial charge in [-0.2, -0.15) is 11.3 Å². The summed E-state index contributed by atoms with van der Waals surface area (Å²) in [6.07, 6.45) is 0.169. The van der Waals surface area contributed by atoms with Gasteiger partial charge < -0.3 is 15.5 Å². The summed E-state index contributed by atoms with van der Waals surface area (Å²) in [6.45, 7) is 2.81. The number of hydrogen-bond donors (Lipinski definition) is 2. The number of amides is 3. The van der Waals surface area contributed by atoms with Crippen LogP contribution in [0.25, 0.3) is 0 Å². The number of nitrogens with zero attached hydrogens (tertiary/aromatic N) is 1. The first-order valence-electron chi connectivity index (χ1n) is 8.19. The monoisotopic (exact) mass is 375 g/mol. The zero-order chi connectivity index (χ0) is 18.7. The third kappa shape index (κ3) is 3.91. The van der Waals surface area contributed by atoms with Crippen LogP contribution >= 0.6 is 11.3 Å². The van der Waals surface area contributed by atoms with Gasteiger partial charge in [-0.15, -0.1) is 0 Å². The number of likely N-dealkylation sites (tertiary alicyclic amines) is 1.